The van der Waals surface area contributed by atoms with E-state index in [1.807, 2.05) is 0 Å². The summed E-state index contributed by atoms with van der Waals surface area (Å²) >= 11 is 9.31. The van der Waals surface area contributed by atoms with Crippen molar-refractivity contribution in [1.82, 2.24) is 5.32 Å². The van der Waals surface area contributed by atoms with Gasteiger partial charge in [0.05, 0.1) is 17.3 Å². The van der Waals surface area contributed by atoms with E-state index in [-0.39, 0.29) is 5.69 Å². The van der Waals surface area contributed by atoms with Crippen molar-refractivity contribution in [3.63, 3.8) is 0 Å². The van der Waals surface area contributed by atoms with Crippen LogP contribution in [0.5, 0.6) is 5.75 Å². The molecule has 0 aliphatic carbocycles. The van der Waals surface area contributed by atoms with Crippen molar-refractivity contribution >= 4 is 39.2 Å². The quantitative estimate of drug-likeness (QED) is 0.650. The van der Waals surface area contributed by atoms with Gasteiger partial charge in [0.1, 0.15) is 17.4 Å². The average Bonchev–Trinajstić information content (AvgIpc) is 2.52. The number of urea groups is 1. The predicted octanol–water partition coefficient (Wildman–Crippen LogP) is 4.97. The Kier molecular flexibility index (Phi) is 6.81. The van der Waals surface area contributed by atoms with Crippen LogP contribution >= 0.6 is 27.5 Å². The molecule has 0 saturated carbocycles. The number of hydrogen-bond donors (Lipinski definition) is 2. The summed E-state index contributed by atoms with van der Waals surface area (Å²) < 4.78 is 32.7. The van der Waals surface area contributed by atoms with Crippen LogP contribution < -0.4 is 15.4 Å². The molecule has 0 spiro atoms. The van der Waals surface area contributed by atoms with Crippen LogP contribution in [0.3, 0.4) is 0 Å². The molecular formula is C16H14BrClF2N2O2. The van der Waals surface area contributed by atoms with Gasteiger partial charge in [-0.05, 0) is 36.8 Å². The summed E-state index contributed by atoms with van der Waals surface area (Å²) in [6, 6.07) is 7.47. The highest BCUT2D eigenvalue weighted by molar-refractivity contribution is 9.10. The van der Waals surface area contributed by atoms with Gasteiger partial charge in [0.25, 0.3) is 0 Å². The minimum atomic E-state index is -0.709. The number of rotatable bonds is 6. The number of anilines is 1. The Hall–Kier alpha value is -1.86. The molecule has 0 aliphatic rings. The maximum absolute atomic E-state index is 13.4. The van der Waals surface area contributed by atoms with Crippen LogP contribution in [0.4, 0.5) is 19.3 Å². The number of carbonyl (C=O) groups is 1. The van der Waals surface area contributed by atoms with Crippen molar-refractivity contribution in [2.24, 2.45) is 0 Å². The van der Waals surface area contributed by atoms with Gasteiger partial charge in [-0.2, -0.15) is 0 Å². The highest BCUT2D eigenvalue weighted by Crippen LogP contribution is 2.27. The van der Waals surface area contributed by atoms with Crippen LogP contribution in [-0.4, -0.2) is 19.2 Å². The van der Waals surface area contributed by atoms with Gasteiger partial charge < -0.3 is 15.4 Å². The maximum Gasteiger partial charge on any atom is 0.319 e. The summed E-state index contributed by atoms with van der Waals surface area (Å²) in [7, 11) is 0. The van der Waals surface area contributed by atoms with Gasteiger partial charge >= 0.3 is 6.03 Å². The number of ether oxygens (including phenoxy) is 1. The molecule has 128 valence electrons. The lowest BCUT2D eigenvalue weighted by Crippen LogP contribution is -2.30. The number of carbonyl (C=O) groups excluding carboxylic acids is 1. The molecule has 0 atom stereocenters. The van der Waals surface area contributed by atoms with E-state index >= 15 is 0 Å². The zero-order valence-corrected chi connectivity index (χ0v) is 14.8. The van der Waals surface area contributed by atoms with Gasteiger partial charge in [-0.1, -0.05) is 27.5 Å². The van der Waals surface area contributed by atoms with E-state index < -0.39 is 17.7 Å². The maximum atomic E-state index is 13.4. The third kappa shape index (κ3) is 5.65. The molecule has 0 aliphatic heterocycles. The van der Waals surface area contributed by atoms with Gasteiger partial charge in [0.2, 0.25) is 0 Å². The standard InChI is InChI=1S/C16H14BrClF2N2O2/c17-10-2-5-15(12(18)8-10)24-7-1-6-21-16(23)22-14-9-11(19)3-4-13(14)20/h2-5,8-9H,1,6-7H2,(H2,21,22,23). The number of nitrogens with one attached hydrogen (secondary N) is 2. The Labute approximate surface area is 151 Å². The first-order valence-corrected chi connectivity index (χ1v) is 8.20. The summed E-state index contributed by atoms with van der Waals surface area (Å²) in [6.45, 7) is 0.646. The van der Waals surface area contributed by atoms with Crippen molar-refractivity contribution in [2.45, 2.75) is 6.42 Å². The molecule has 2 rings (SSSR count). The Bertz CT molecular complexity index is 731. The van der Waals surface area contributed by atoms with Gasteiger partial charge in [-0.3, -0.25) is 0 Å². The fourth-order valence-electron chi connectivity index (χ4n) is 1.81. The molecule has 2 aromatic carbocycles. The second kappa shape index (κ2) is 8.84. The van der Waals surface area contributed by atoms with E-state index in [0.717, 1.165) is 22.7 Å². The Morgan fingerprint density at radius 2 is 2.00 bits per heavy atom. The third-order valence-corrected chi connectivity index (χ3v) is 3.72. The SMILES string of the molecule is O=C(NCCCOc1ccc(Br)cc1Cl)Nc1cc(F)ccc1F. The van der Waals surface area contributed by atoms with Gasteiger partial charge in [-0.15, -0.1) is 0 Å². The molecule has 8 heteroatoms. The largest absolute Gasteiger partial charge is 0.492 e. The molecular weight excluding hydrogens is 406 g/mol. The van der Waals surface area contributed by atoms with Crippen molar-refractivity contribution in [1.29, 1.82) is 0 Å². The summed E-state index contributed by atoms with van der Waals surface area (Å²) in [5, 5.41) is 5.25. The van der Waals surface area contributed by atoms with E-state index in [0.29, 0.717) is 30.3 Å². The second-order valence-corrected chi connectivity index (χ2v) is 6.10. The van der Waals surface area contributed by atoms with Crippen LogP contribution in [0.15, 0.2) is 40.9 Å². The molecule has 0 unspecified atom stereocenters. The van der Waals surface area contributed by atoms with Crippen molar-refractivity contribution < 1.29 is 18.3 Å². The fourth-order valence-corrected chi connectivity index (χ4v) is 2.54. The minimum Gasteiger partial charge on any atom is -0.492 e. The van der Waals surface area contributed by atoms with Crippen molar-refractivity contribution in [2.75, 3.05) is 18.5 Å². The first-order chi connectivity index (χ1) is 11.5. The highest BCUT2D eigenvalue weighted by Gasteiger charge is 2.07. The summed E-state index contributed by atoms with van der Waals surface area (Å²) in [5.41, 5.74) is -0.217. The molecule has 0 radical (unpaired) electrons. The first kappa shape index (κ1) is 18.5. The summed E-state index contributed by atoms with van der Waals surface area (Å²) in [6.07, 6.45) is 0.519. The van der Waals surface area contributed by atoms with Crippen LogP contribution in [0, 0.1) is 11.6 Å². The predicted molar refractivity (Wildman–Crippen MR) is 92.6 cm³/mol. The molecule has 0 heterocycles. The molecule has 0 aromatic heterocycles. The van der Waals surface area contributed by atoms with E-state index in [1.165, 1.54) is 0 Å². The molecule has 0 saturated heterocycles. The zero-order valence-electron chi connectivity index (χ0n) is 12.4. The van der Waals surface area contributed by atoms with Gasteiger partial charge in [-0.25, -0.2) is 13.6 Å². The lowest BCUT2D eigenvalue weighted by molar-refractivity contribution is 0.250. The molecule has 2 N–H and O–H groups in total. The summed E-state index contributed by atoms with van der Waals surface area (Å²) in [5.74, 6) is -0.794. The summed E-state index contributed by atoms with van der Waals surface area (Å²) in [4.78, 5) is 11.6. The van der Waals surface area contributed by atoms with E-state index in [1.54, 1.807) is 18.2 Å². The van der Waals surface area contributed by atoms with Crippen molar-refractivity contribution in [3.05, 3.63) is 57.5 Å². The Morgan fingerprint density at radius 1 is 1.21 bits per heavy atom. The van der Waals surface area contributed by atoms with E-state index in [2.05, 4.69) is 26.6 Å². The minimum absolute atomic E-state index is 0.217. The van der Waals surface area contributed by atoms with E-state index in [9.17, 15) is 13.6 Å². The number of amides is 2. The van der Waals surface area contributed by atoms with Crippen LogP contribution in [0.1, 0.15) is 6.42 Å². The average molecular weight is 420 g/mol. The van der Waals surface area contributed by atoms with Crippen LogP contribution in [0.25, 0.3) is 0 Å². The molecule has 4 nitrogen and oxygen atoms in total. The topological polar surface area (TPSA) is 50.4 Å². The lowest BCUT2D eigenvalue weighted by atomic mass is 10.3. The molecule has 2 aromatic rings. The number of benzene rings is 2. The monoisotopic (exact) mass is 418 g/mol. The second-order valence-electron chi connectivity index (χ2n) is 4.78. The van der Waals surface area contributed by atoms with Crippen LogP contribution in [-0.2, 0) is 0 Å². The molecule has 2 amide bonds. The highest BCUT2D eigenvalue weighted by atomic mass is 79.9. The molecule has 0 fully saturated rings. The normalized spacial score (nSPS) is 10.3. The lowest BCUT2D eigenvalue weighted by Gasteiger charge is -2.10. The van der Waals surface area contributed by atoms with Gasteiger partial charge in [0, 0.05) is 17.1 Å². The fraction of sp³-hybridized carbons (Fsp3) is 0.188. The Morgan fingerprint density at radius 3 is 2.75 bits per heavy atom. The molecule has 24 heavy (non-hydrogen) atoms. The van der Waals surface area contributed by atoms with Crippen molar-refractivity contribution in [3.8, 4) is 5.75 Å². The van der Waals surface area contributed by atoms with Crippen LogP contribution in [0.2, 0.25) is 5.02 Å². The van der Waals surface area contributed by atoms with E-state index in [4.69, 9.17) is 16.3 Å². The molecule has 0 bridgehead atoms. The first-order valence-electron chi connectivity index (χ1n) is 7.03. The number of halogens is 4. The van der Waals surface area contributed by atoms with Gasteiger partial charge in [0.15, 0.2) is 0 Å². The Balaban J connectivity index is 1.70. The number of hydrogen-bond acceptors (Lipinski definition) is 2. The zero-order chi connectivity index (χ0) is 17.5. The third-order valence-electron chi connectivity index (χ3n) is 2.93. The smallest absolute Gasteiger partial charge is 0.319 e.